The van der Waals surface area contributed by atoms with Crippen LogP contribution in [0.15, 0.2) is 77.7 Å². The predicted octanol–water partition coefficient (Wildman–Crippen LogP) is 5.74. The standard InChI is InChI=1S/C31H31ClFN3O4Si/c1-19-28(41(2,3)33)27(14-15-37)40-31(19)25-16-22(32)10-13-26(25)35(30(31)39)18-20-8-11-23(12-9-20)36-29(38)24-7-5-4-6-21(24)17-34-36/h4-13,16-17,19,27-28,37H,14-15,18H2,1-3H3/t19-,27+,28-,31+/m1/s1. The molecule has 1 N–H and O–H groups in total. The van der Waals surface area contributed by atoms with Crippen molar-refractivity contribution < 1.29 is 18.7 Å². The molecule has 2 aliphatic rings. The smallest absolute Gasteiger partial charge is 0.279 e. The molecule has 0 radical (unpaired) electrons. The normalized spacial score (nSPS) is 24.0. The number of anilines is 1. The lowest BCUT2D eigenvalue weighted by molar-refractivity contribution is -0.146. The highest BCUT2D eigenvalue weighted by atomic mass is 35.5. The molecule has 1 saturated heterocycles. The van der Waals surface area contributed by atoms with Crippen molar-refractivity contribution in [3.63, 3.8) is 0 Å². The van der Waals surface area contributed by atoms with E-state index in [1.54, 1.807) is 60.6 Å². The zero-order valence-corrected chi connectivity index (χ0v) is 24.8. The largest absolute Gasteiger partial charge is 0.396 e. The molecule has 3 heterocycles. The summed E-state index contributed by atoms with van der Waals surface area (Å²) in [7, 11) is -3.28. The topological polar surface area (TPSA) is 84.7 Å². The number of ether oxygens (including phenoxy) is 1. The quantitative estimate of drug-likeness (QED) is 0.228. The molecular formula is C31H31ClFN3O4Si. The van der Waals surface area contributed by atoms with Gasteiger partial charge in [-0.2, -0.15) is 9.78 Å². The van der Waals surface area contributed by atoms with Crippen molar-refractivity contribution >= 4 is 42.4 Å². The van der Waals surface area contributed by atoms with Crippen molar-refractivity contribution in [2.24, 2.45) is 5.92 Å². The van der Waals surface area contributed by atoms with Gasteiger partial charge in [0.2, 0.25) is 8.41 Å². The Morgan fingerprint density at radius 1 is 1.10 bits per heavy atom. The van der Waals surface area contributed by atoms with Crippen LogP contribution in [0.25, 0.3) is 16.5 Å². The molecule has 41 heavy (non-hydrogen) atoms. The van der Waals surface area contributed by atoms with E-state index < -0.39 is 31.6 Å². The van der Waals surface area contributed by atoms with E-state index in [0.29, 0.717) is 27.3 Å². The molecule has 0 bridgehead atoms. The number of halogens is 2. The minimum absolute atomic E-state index is 0.156. The third kappa shape index (κ3) is 4.42. The summed E-state index contributed by atoms with van der Waals surface area (Å²) in [6.45, 7) is 5.24. The molecule has 6 rings (SSSR count). The second kappa shape index (κ2) is 10.2. The number of nitrogens with zero attached hydrogens (tertiary/aromatic N) is 3. The Labute approximate surface area is 243 Å². The van der Waals surface area contributed by atoms with Gasteiger partial charge in [0.1, 0.15) is 0 Å². The molecular weight excluding hydrogens is 561 g/mol. The summed E-state index contributed by atoms with van der Waals surface area (Å²) < 4.78 is 23.6. The highest BCUT2D eigenvalue weighted by molar-refractivity contribution is 6.72. The van der Waals surface area contributed by atoms with Gasteiger partial charge in [0.05, 0.1) is 35.6 Å². The first-order valence-corrected chi connectivity index (χ1v) is 17.1. The van der Waals surface area contributed by atoms with Crippen molar-refractivity contribution in [2.45, 2.75) is 50.2 Å². The van der Waals surface area contributed by atoms with E-state index in [-0.39, 0.29) is 31.0 Å². The summed E-state index contributed by atoms with van der Waals surface area (Å²) in [4.78, 5) is 29.0. The van der Waals surface area contributed by atoms with Crippen LogP contribution in [-0.4, -0.2) is 41.9 Å². The Hall–Kier alpha value is -3.37. The lowest BCUT2D eigenvalue weighted by Gasteiger charge is -2.31. The number of carbonyl (C=O) groups is 1. The number of aliphatic hydroxyl groups excluding tert-OH is 1. The summed E-state index contributed by atoms with van der Waals surface area (Å²) in [5, 5.41) is 15.9. The molecule has 0 saturated carbocycles. The number of hydrogen-bond donors (Lipinski definition) is 1. The van der Waals surface area contributed by atoms with E-state index in [2.05, 4.69) is 5.10 Å². The lowest BCUT2D eigenvalue weighted by Crippen LogP contribution is -2.45. The van der Waals surface area contributed by atoms with E-state index in [1.807, 2.05) is 37.3 Å². The Balaban J connectivity index is 1.35. The number of hydrogen-bond acceptors (Lipinski definition) is 5. The van der Waals surface area contributed by atoms with Gasteiger partial charge in [0.15, 0.2) is 5.60 Å². The van der Waals surface area contributed by atoms with Gasteiger partial charge in [-0.3, -0.25) is 9.59 Å². The van der Waals surface area contributed by atoms with Gasteiger partial charge < -0.3 is 18.9 Å². The molecule has 4 atom stereocenters. The molecule has 0 unspecified atom stereocenters. The minimum Gasteiger partial charge on any atom is -0.396 e. The van der Waals surface area contributed by atoms with E-state index in [4.69, 9.17) is 16.3 Å². The fourth-order valence-electron chi connectivity index (χ4n) is 6.77. The fourth-order valence-corrected chi connectivity index (χ4v) is 9.49. The SMILES string of the molecule is C[C@@H]1[C@@H]([Si](C)(C)F)[C@H](CCO)O[C@@]12C(=O)N(Cc1ccc(-n3ncc4ccccc4c3=O)cc1)c1ccc(Cl)cc12. The predicted molar refractivity (Wildman–Crippen MR) is 160 cm³/mol. The first kappa shape index (κ1) is 27.8. The monoisotopic (exact) mass is 591 g/mol. The van der Waals surface area contributed by atoms with Gasteiger partial charge in [-0.15, -0.1) is 0 Å². The molecule has 1 aromatic heterocycles. The van der Waals surface area contributed by atoms with Crippen LogP contribution in [0.4, 0.5) is 9.80 Å². The Morgan fingerprint density at radius 3 is 2.54 bits per heavy atom. The van der Waals surface area contributed by atoms with Gasteiger partial charge in [-0.05, 0) is 61.5 Å². The fraction of sp³-hybridized carbons (Fsp3) is 0.323. The number of carbonyl (C=O) groups excluding carboxylic acids is 1. The van der Waals surface area contributed by atoms with Crippen molar-refractivity contribution in [3.8, 4) is 5.69 Å². The average molecular weight is 592 g/mol. The second-order valence-corrected chi connectivity index (χ2v) is 15.7. The van der Waals surface area contributed by atoms with Gasteiger partial charge in [-0.1, -0.05) is 48.9 Å². The Morgan fingerprint density at radius 2 is 1.83 bits per heavy atom. The number of rotatable bonds is 6. The van der Waals surface area contributed by atoms with Gasteiger partial charge >= 0.3 is 0 Å². The Bertz CT molecular complexity index is 1710. The summed E-state index contributed by atoms with van der Waals surface area (Å²) >= 11 is 6.41. The van der Waals surface area contributed by atoms with Crippen molar-refractivity contribution in [1.29, 1.82) is 0 Å². The second-order valence-electron chi connectivity index (χ2n) is 11.5. The maximum atomic E-state index is 15.7. The summed E-state index contributed by atoms with van der Waals surface area (Å²) in [6, 6.07) is 19.9. The first-order valence-electron chi connectivity index (χ1n) is 13.7. The van der Waals surface area contributed by atoms with Crippen LogP contribution in [-0.2, 0) is 21.7 Å². The number of aromatic nitrogens is 2. The van der Waals surface area contributed by atoms with Crippen LogP contribution >= 0.6 is 11.6 Å². The minimum atomic E-state index is -3.28. The zero-order valence-electron chi connectivity index (χ0n) is 23.1. The van der Waals surface area contributed by atoms with E-state index in [0.717, 1.165) is 10.9 Å². The van der Waals surface area contributed by atoms with Crippen LogP contribution in [0.1, 0.15) is 24.5 Å². The lowest BCUT2D eigenvalue weighted by atomic mass is 9.82. The molecule has 1 fully saturated rings. The third-order valence-corrected chi connectivity index (χ3v) is 11.2. The Kier molecular flexibility index (Phi) is 6.89. The van der Waals surface area contributed by atoms with Gasteiger partial charge in [-0.25, -0.2) is 0 Å². The van der Waals surface area contributed by atoms with Crippen LogP contribution < -0.4 is 10.5 Å². The zero-order chi connectivity index (χ0) is 29.1. The third-order valence-electron chi connectivity index (χ3n) is 8.55. The van der Waals surface area contributed by atoms with Crippen LogP contribution in [0, 0.1) is 5.92 Å². The highest BCUT2D eigenvalue weighted by Crippen LogP contribution is 2.60. The summed E-state index contributed by atoms with van der Waals surface area (Å²) in [5.74, 6) is -0.712. The maximum absolute atomic E-state index is 15.7. The van der Waals surface area contributed by atoms with Crippen LogP contribution in [0.5, 0.6) is 0 Å². The van der Waals surface area contributed by atoms with Crippen molar-refractivity contribution in [3.05, 3.63) is 99.4 Å². The molecule has 2 aliphatic heterocycles. The van der Waals surface area contributed by atoms with E-state index in [9.17, 15) is 14.7 Å². The number of benzene rings is 3. The number of fused-ring (bicyclic) bond motifs is 3. The first-order chi connectivity index (χ1) is 19.6. The van der Waals surface area contributed by atoms with Gasteiger partial charge in [0.25, 0.3) is 11.5 Å². The maximum Gasteiger partial charge on any atom is 0.279 e. The molecule has 0 aliphatic carbocycles. The van der Waals surface area contributed by atoms with Crippen LogP contribution in [0.2, 0.25) is 23.7 Å². The van der Waals surface area contributed by atoms with E-state index >= 15 is 4.11 Å². The number of aliphatic hydroxyl groups is 1. The van der Waals surface area contributed by atoms with Crippen molar-refractivity contribution in [1.82, 2.24) is 9.78 Å². The molecule has 4 aromatic rings. The molecule has 1 spiro atoms. The summed E-state index contributed by atoms with van der Waals surface area (Å²) in [6.07, 6.45) is 1.34. The van der Waals surface area contributed by atoms with Crippen LogP contribution in [0.3, 0.4) is 0 Å². The molecule has 10 heteroatoms. The molecule has 212 valence electrons. The highest BCUT2D eigenvalue weighted by Gasteiger charge is 2.66. The molecule has 1 amide bonds. The number of amides is 1. The molecule has 7 nitrogen and oxygen atoms in total. The molecule has 3 aromatic carbocycles. The van der Waals surface area contributed by atoms with Gasteiger partial charge in [0, 0.05) is 34.0 Å². The summed E-state index contributed by atoms with van der Waals surface area (Å²) in [5.41, 5.74) is 0.680. The average Bonchev–Trinajstić information content (AvgIpc) is 3.36. The van der Waals surface area contributed by atoms with Crippen molar-refractivity contribution in [2.75, 3.05) is 11.5 Å². The van der Waals surface area contributed by atoms with E-state index in [1.165, 1.54) is 4.68 Å².